The minimum atomic E-state index is -3.92. The minimum absolute atomic E-state index is 0.263. The summed E-state index contributed by atoms with van der Waals surface area (Å²) in [7, 11) is -3.92. The molecule has 0 aromatic heterocycles. The molecule has 0 radical (unpaired) electrons. The number of amides is 1. The molecule has 3 aromatic rings. The van der Waals surface area contributed by atoms with Gasteiger partial charge in [-0.1, -0.05) is 54.1 Å². The Labute approximate surface area is 157 Å². The predicted octanol–water partition coefficient (Wildman–Crippen LogP) is 2.91. The third-order valence-corrected chi connectivity index (χ3v) is 5.79. The van der Waals surface area contributed by atoms with Crippen LogP contribution in [0.2, 0.25) is 0 Å². The topological polar surface area (TPSA) is 75.7 Å². The first kappa shape index (κ1) is 17.4. The van der Waals surface area contributed by atoms with Crippen molar-refractivity contribution >= 4 is 32.6 Å². The summed E-state index contributed by atoms with van der Waals surface area (Å²) in [6.45, 7) is 2.00. The van der Waals surface area contributed by atoms with Gasteiger partial charge in [0.25, 0.3) is 5.91 Å². The van der Waals surface area contributed by atoms with Gasteiger partial charge in [-0.15, -0.1) is 0 Å². The first-order valence-electron chi connectivity index (χ1n) is 8.47. The summed E-state index contributed by atoms with van der Waals surface area (Å²) >= 11 is 0. The Bertz CT molecular complexity index is 1130. The third-order valence-electron chi connectivity index (χ3n) is 4.40. The van der Waals surface area contributed by atoms with E-state index in [0.29, 0.717) is 18.0 Å². The van der Waals surface area contributed by atoms with E-state index in [-0.39, 0.29) is 6.54 Å². The second-order valence-electron chi connectivity index (χ2n) is 6.48. The lowest BCUT2D eigenvalue weighted by Gasteiger charge is -2.20. The van der Waals surface area contributed by atoms with Crippen molar-refractivity contribution in [3.63, 3.8) is 0 Å². The maximum Gasteiger partial charge on any atom is 0.326 e. The molecule has 0 unspecified atom stereocenters. The predicted molar refractivity (Wildman–Crippen MR) is 104 cm³/mol. The fourth-order valence-corrected chi connectivity index (χ4v) is 4.24. The van der Waals surface area contributed by atoms with E-state index in [1.165, 1.54) is 0 Å². The number of carbonyl (C=O) groups excluding carboxylic acids is 1. The average molecular weight is 382 g/mol. The zero-order chi connectivity index (χ0) is 19.0. The Morgan fingerprint density at radius 1 is 1.04 bits per heavy atom. The van der Waals surface area contributed by atoms with Crippen molar-refractivity contribution in [3.05, 3.63) is 71.8 Å². The standard InChI is InChI=1S/C20H18N2O4S/c1-14-7-8-16-11-19(26-13-15-5-3-2-4-6-15)18(10-17(16)9-14)22-12-20(23)21-27(22,24)25/h2-11H,12-13H2,1H3,(H,21,23). The van der Waals surface area contributed by atoms with E-state index >= 15 is 0 Å². The van der Waals surface area contributed by atoms with Crippen LogP contribution in [0.4, 0.5) is 5.69 Å². The van der Waals surface area contributed by atoms with Gasteiger partial charge in [-0.2, -0.15) is 8.42 Å². The van der Waals surface area contributed by atoms with E-state index in [1.54, 1.807) is 6.07 Å². The molecule has 6 nitrogen and oxygen atoms in total. The highest BCUT2D eigenvalue weighted by atomic mass is 32.2. The maximum atomic E-state index is 12.3. The Kier molecular flexibility index (Phi) is 4.24. The fraction of sp³-hybridized carbons (Fsp3) is 0.150. The lowest BCUT2D eigenvalue weighted by atomic mass is 10.1. The number of nitrogens with one attached hydrogen (secondary N) is 1. The largest absolute Gasteiger partial charge is 0.487 e. The normalized spacial score (nSPS) is 15.7. The van der Waals surface area contributed by atoms with E-state index in [1.807, 2.05) is 66.2 Å². The average Bonchev–Trinajstić information content (AvgIpc) is 2.92. The van der Waals surface area contributed by atoms with Gasteiger partial charge in [-0.25, -0.2) is 9.03 Å². The summed E-state index contributed by atoms with van der Waals surface area (Å²) in [4.78, 5) is 11.7. The van der Waals surface area contributed by atoms with E-state index in [2.05, 4.69) is 0 Å². The molecular formula is C20H18N2O4S. The van der Waals surface area contributed by atoms with Crippen LogP contribution in [-0.2, 0) is 21.6 Å². The van der Waals surface area contributed by atoms with Crippen molar-refractivity contribution in [1.82, 2.24) is 4.72 Å². The zero-order valence-electron chi connectivity index (χ0n) is 14.7. The van der Waals surface area contributed by atoms with Crippen molar-refractivity contribution in [2.45, 2.75) is 13.5 Å². The second kappa shape index (κ2) is 6.59. The molecule has 27 heavy (non-hydrogen) atoms. The van der Waals surface area contributed by atoms with Crippen molar-refractivity contribution in [2.75, 3.05) is 10.8 Å². The fourth-order valence-electron chi connectivity index (χ4n) is 3.09. The van der Waals surface area contributed by atoms with Crippen LogP contribution in [0, 0.1) is 6.92 Å². The molecule has 1 aliphatic heterocycles. The molecular weight excluding hydrogens is 364 g/mol. The van der Waals surface area contributed by atoms with Gasteiger partial charge in [0.2, 0.25) is 0 Å². The number of anilines is 1. The molecule has 0 aliphatic carbocycles. The van der Waals surface area contributed by atoms with Crippen LogP contribution in [0.25, 0.3) is 10.8 Å². The SMILES string of the molecule is Cc1ccc2cc(OCc3ccccc3)c(N3CC(=O)NS3(=O)=O)cc2c1. The maximum absolute atomic E-state index is 12.3. The van der Waals surface area contributed by atoms with Gasteiger partial charge in [0.1, 0.15) is 18.9 Å². The number of hydrogen-bond acceptors (Lipinski definition) is 4. The van der Waals surface area contributed by atoms with Gasteiger partial charge < -0.3 is 4.74 Å². The highest BCUT2D eigenvalue weighted by Crippen LogP contribution is 2.36. The number of ether oxygens (including phenoxy) is 1. The number of carbonyl (C=O) groups is 1. The second-order valence-corrected chi connectivity index (χ2v) is 8.08. The Hall–Kier alpha value is -3.06. The highest BCUT2D eigenvalue weighted by Gasteiger charge is 2.35. The van der Waals surface area contributed by atoms with Gasteiger partial charge in [0, 0.05) is 0 Å². The van der Waals surface area contributed by atoms with Crippen molar-refractivity contribution in [1.29, 1.82) is 0 Å². The quantitative estimate of drug-likeness (QED) is 0.753. The lowest BCUT2D eigenvalue weighted by Crippen LogP contribution is -2.29. The molecule has 1 amide bonds. The summed E-state index contributed by atoms with van der Waals surface area (Å²) in [5.74, 6) is -0.149. The van der Waals surface area contributed by atoms with Crippen LogP contribution >= 0.6 is 0 Å². The molecule has 7 heteroatoms. The first-order chi connectivity index (χ1) is 12.9. The van der Waals surface area contributed by atoms with Crippen LogP contribution in [0.3, 0.4) is 0 Å². The molecule has 1 saturated heterocycles. The number of fused-ring (bicyclic) bond motifs is 1. The monoisotopic (exact) mass is 382 g/mol. The van der Waals surface area contributed by atoms with Crippen LogP contribution in [-0.4, -0.2) is 20.9 Å². The van der Waals surface area contributed by atoms with Gasteiger partial charge >= 0.3 is 10.2 Å². The van der Waals surface area contributed by atoms with Gasteiger partial charge in [0.05, 0.1) is 5.69 Å². The summed E-state index contributed by atoms with van der Waals surface area (Å²) < 4.78 is 33.7. The Morgan fingerprint density at radius 3 is 2.52 bits per heavy atom. The third kappa shape index (κ3) is 3.46. The molecule has 0 spiro atoms. The van der Waals surface area contributed by atoms with Crippen LogP contribution in [0.15, 0.2) is 60.7 Å². The number of hydrogen-bond donors (Lipinski definition) is 1. The van der Waals surface area contributed by atoms with Crippen molar-refractivity contribution < 1.29 is 17.9 Å². The first-order valence-corrected chi connectivity index (χ1v) is 9.91. The molecule has 4 rings (SSSR count). The number of nitrogens with zero attached hydrogens (tertiary/aromatic N) is 1. The zero-order valence-corrected chi connectivity index (χ0v) is 15.5. The Balaban J connectivity index is 1.80. The van der Waals surface area contributed by atoms with Gasteiger partial charge in [0.15, 0.2) is 0 Å². The molecule has 1 fully saturated rings. The van der Waals surface area contributed by atoms with Crippen LogP contribution < -0.4 is 13.8 Å². The summed E-state index contributed by atoms with van der Waals surface area (Å²) in [6, 6.07) is 19.1. The molecule has 1 N–H and O–H groups in total. The molecule has 3 aromatic carbocycles. The van der Waals surface area contributed by atoms with E-state index < -0.39 is 16.1 Å². The van der Waals surface area contributed by atoms with Crippen molar-refractivity contribution in [3.8, 4) is 5.75 Å². The van der Waals surface area contributed by atoms with E-state index in [9.17, 15) is 13.2 Å². The van der Waals surface area contributed by atoms with Crippen LogP contribution in [0.1, 0.15) is 11.1 Å². The van der Waals surface area contributed by atoms with Crippen LogP contribution in [0.5, 0.6) is 5.75 Å². The van der Waals surface area contributed by atoms with E-state index in [0.717, 1.165) is 26.2 Å². The molecule has 1 aliphatic rings. The summed E-state index contributed by atoms with van der Waals surface area (Å²) in [5, 5.41) is 1.81. The molecule has 0 bridgehead atoms. The number of rotatable bonds is 4. The molecule has 1 heterocycles. The summed E-state index contributed by atoms with van der Waals surface area (Å²) in [6.07, 6.45) is 0. The highest BCUT2D eigenvalue weighted by molar-refractivity contribution is 7.92. The number of benzene rings is 3. The van der Waals surface area contributed by atoms with Crippen molar-refractivity contribution in [2.24, 2.45) is 0 Å². The summed E-state index contributed by atoms with van der Waals surface area (Å²) in [5.41, 5.74) is 2.37. The molecule has 0 atom stereocenters. The van der Waals surface area contributed by atoms with Gasteiger partial charge in [-0.3, -0.25) is 4.79 Å². The molecule has 0 saturated carbocycles. The Morgan fingerprint density at radius 2 is 1.81 bits per heavy atom. The lowest BCUT2D eigenvalue weighted by molar-refractivity contribution is -0.117. The minimum Gasteiger partial charge on any atom is -0.487 e. The number of aryl methyl sites for hydroxylation is 1. The smallest absolute Gasteiger partial charge is 0.326 e. The van der Waals surface area contributed by atoms with E-state index in [4.69, 9.17) is 4.74 Å². The van der Waals surface area contributed by atoms with Gasteiger partial charge in [-0.05, 0) is 35.4 Å². The molecule has 138 valence electrons.